The molecule has 0 spiro atoms. The number of carbonyl (C=O) groups excluding carboxylic acids is 2. The molecule has 2 atom stereocenters. The van der Waals surface area contributed by atoms with Crippen LogP contribution >= 0.6 is 0 Å². The van der Waals surface area contributed by atoms with Gasteiger partial charge in [-0.1, -0.05) is 42.5 Å². The summed E-state index contributed by atoms with van der Waals surface area (Å²) < 4.78 is 5.24. The molecule has 0 saturated carbocycles. The van der Waals surface area contributed by atoms with E-state index in [0.717, 1.165) is 28.9 Å². The lowest BCUT2D eigenvalue weighted by Crippen LogP contribution is -2.44. The number of methoxy groups -OCH3 is 1. The molecule has 1 aliphatic rings. The third-order valence-corrected chi connectivity index (χ3v) is 6.25. The number of pyridine rings is 1. The normalized spacial score (nSPS) is 18.4. The molecule has 1 saturated heterocycles. The predicted octanol–water partition coefficient (Wildman–Crippen LogP) is 3.97. The monoisotopic (exact) mass is 443 g/mol. The molecule has 1 aromatic heterocycles. The van der Waals surface area contributed by atoms with Gasteiger partial charge in [-0.25, -0.2) is 0 Å². The Morgan fingerprint density at radius 1 is 1.06 bits per heavy atom. The third kappa shape index (κ3) is 5.77. The Balaban J connectivity index is 1.45. The Labute approximate surface area is 194 Å². The summed E-state index contributed by atoms with van der Waals surface area (Å²) in [5.41, 5.74) is 2.69. The zero-order chi connectivity index (χ0) is 23.1. The van der Waals surface area contributed by atoms with Crippen LogP contribution in [0.1, 0.15) is 48.4 Å². The van der Waals surface area contributed by atoms with Gasteiger partial charge in [0.1, 0.15) is 5.75 Å². The minimum absolute atomic E-state index is 0.0443. The van der Waals surface area contributed by atoms with Crippen molar-refractivity contribution >= 4 is 11.8 Å². The number of rotatable bonds is 9. The van der Waals surface area contributed by atoms with Gasteiger partial charge in [-0.3, -0.25) is 14.6 Å². The van der Waals surface area contributed by atoms with Crippen LogP contribution in [0.3, 0.4) is 0 Å². The number of ether oxygens (including phenoxy) is 1. The number of aromatic nitrogens is 1. The van der Waals surface area contributed by atoms with E-state index in [1.54, 1.807) is 19.5 Å². The molecule has 3 aromatic rings. The van der Waals surface area contributed by atoms with Crippen LogP contribution in [0.15, 0.2) is 79.1 Å². The zero-order valence-electron chi connectivity index (χ0n) is 18.8. The van der Waals surface area contributed by atoms with E-state index in [-0.39, 0.29) is 17.9 Å². The number of hydrogen-bond acceptors (Lipinski definition) is 4. The Morgan fingerprint density at radius 2 is 1.76 bits per heavy atom. The lowest BCUT2D eigenvalue weighted by atomic mass is 9.85. The van der Waals surface area contributed by atoms with Crippen molar-refractivity contribution in [2.45, 2.75) is 43.7 Å². The summed E-state index contributed by atoms with van der Waals surface area (Å²) >= 11 is 0. The van der Waals surface area contributed by atoms with Gasteiger partial charge >= 0.3 is 0 Å². The standard InChI is InChI=1S/C27H29N3O3/c1-33-23-9-7-20(8-10-23)19-27(16-12-25(32)30-27)15-11-24(31)29-26(21-5-3-2-4-6-21)22-13-17-28-18-14-22/h2-10,13-14,17-18,26H,11-12,15-16,19H2,1H3,(H,29,31)(H,30,32)/t26-,27+/m0/s1. The highest BCUT2D eigenvalue weighted by Crippen LogP contribution is 2.30. The van der Waals surface area contributed by atoms with E-state index in [0.29, 0.717) is 25.7 Å². The predicted molar refractivity (Wildman–Crippen MR) is 127 cm³/mol. The summed E-state index contributed by atoms with van der Waals surface area (Å²) in [7, 11) is 1.64. The zero-order valence-corrected chi connectivity index (χ0v) is 18.8. The van der Waals surface area contributed by atoms with E-state index in [2.05, 4.69) is 15.6 Å². The Hall–Kier alpha value is -3.67. The molecule has 6 nitrogen and oxygen atoms in total. The van der Waals surface area contributed by atoms with Gasteiger partial charge in [-0.2, -0.15) is 0 Å². The molecule has 2 aromatic carbocycles. The summed E-state index contributed by atoms with van der Waals surface area (Å²) in [5.74, 6) is 0.796. The minimum atomic E-state index is -0.415. The van der Waals surface area contributed by atoms with Crippen molar-refractivity contribution in [2.24, 2.45) is 0 Å². The maximum Gasteiger partial charge on any atom is 0.220 e. The highest BCUT2D eigenvalue weighted by Gasteiger charge is 2.38. The average Bonchev–Trinajstić information content (AvgIpc) is 3.23. The molecule has 6 heteroatoms. The van der Waals surface area contributed by atoms with E-state index in [9.17, 15) is 9.59 Å². The van der Waals surface area contributed by atoms with Gasteiger partial charge in [0, 0.05) is 30.8 Å². The van der Waals surface area contributed by atoms with Crippen molar-refractivity contribution in [3.63, 3.8) is 0 Å². The quantitative estimate of drug-likeness (QED) is 0.525. The van der Waals surface area contributed by atoms with Crippen molar-refractivity contribution in [3.05, 3.63) is 95.8 Å². The summed E-state index contributed by atoms with van der Waals surface area (Å²) in [5, 5.41) is 6.34. The lowest BCUT2D eigenvalue weighted by molar-refractivity contribution is -0.123. The number of benzene rings is 2. The van der Waals surface area contributed by atoms with Crippen molar-refractivity contribution in [1.82, 2.24) is 15.6 Å². The highest BCUT2D eigenvalue weighted by molar-refractivity contribution is 5.80. The van der Waals surface area contributed by atoms with Crippen LogP contribution in [-0.4, -0.2) is 29.4 Å². The average molecular weight is 444 g/mol. The maximum atomic E-state index is 13.1. The highest BCUT2D eigenvalue weighted by atomic mass is 16.5. The molecule has 0 aliphatic carbocycles. The van der Waals surface area contributed by atoms with Crippen molar-refractivity contribution in [3.8, 4) is 5.75 Å². The number of hydrogen-bond donors (Lipinski definition) is 2. The molecule has 33 heavy (non-hydrogen) atoms. The smallest absolute Gasteiger partial charge is 0.220 e. The second-order valence-electron chi connectivity index (χ2n) is 8.55. The molecular formula is C27H29N3O3. The largest absolute Gasteiger partial charge is 0.497 e. The fourth-order valence-corrected chi connectivity index (χ4v) is 4.46. The van der Waals surface area contributed by atoms with Crippen LogP contribution in [-0.2, 0) is 16.0 Å². The van der Waals surface area contributed by atoms with Crippen LogP contribution in [0.25, 0.3) is 0 Å². The topological polar surface area (TPSA) is 80.3 Å². The fourth-order valence-electron chi connectivity index (χ4n) is 4.46. The number of amides is 2. The maximum absolute atomic E-state index is 13.1. The Morgan fingerprint density at radius 3 is 2.39 bits per heavy atom. The van der Waals surface area contributed by atoms with Gasteiger partial charge in [0.2, 0.25) is 11.8 Å². The lowest BCUT2D eigenvalue weighted by Gasteiger charge is -2.30. The van der Waals surface area contributed by atoms with Crippen LogP contribution in [0.4, 0.5) is 0 Å². The van der Waals surface area contributed by atoms with Gasteiger partial charge < -0.3 is 15.4 Å². The van der Waals surface area contributed by atoms with Crippen LogP contribution in [0.2, 0.25) is 0 Å². The van der Waals surface area contributed by atoms with Crippen molar-refractivity contribution < 1.29 is 14.3 Å². The molecule has 170 valence electrons. The first-order valence-electron chi connectivity index (χ1n) is 11.3. The van der Waals surface area contributed by atoms with Gasteiger partial charge in [-0.15, -0.1) is 0 Å². The molecule has 2 heterocycles. The minimum Gasteiger partial charge on any atom is -0.497 e. The van der Waals surface area contributed by atoms with Gasteiger partial charge in [-0.05, 0) is 60.2 Å². The molecule has 2 N–H and O–H groups in total. The summed E-state index contributed by atoms with van der Waals surface area (Å²) in [4.78, 5) is 29.3. The SMILES string of the molecule is COc1ccc(C[C@@]2(CCC(=O)N[C@@H](c3ccccc3)c3ccncc3)CCC(=O)N2)cc1. The first-order chi connectivity index (χ1) is 16.1. The van der Waals surface area contributed by atoms with Gasteiger partial charge in [0.05, 0.1) is 13.2 Å². The second kappa shape index (κ2) is 10.3. The van der Waals surface area contributed by atoms with Crippen molar-refractivity contribution in [2.75, 3.05) is 7.11 Å². The fraction of sp³-hybridized carbons (Fsp3) is 0.296. The summed E-state index contributed by atoms with van der Waals surface area (Å²) in [6.07, 6.45) is 6.26. The number of nitrogens with zero attached hydrogens (tertiary/aromatic N) is 1. The molecule has 0 bridgehead atoms. The third-order valence-electron chi connectivity index (χ3n) is 6.25. The molecule has 2 amide bonds. The van der Waals surface area contributed by atoms with E-state index in [4.69, 9.17) is 4.74 Å². The molecule has 4 rings (SSSR count). The van der Waals surface area contributed by atoms with Crippen LogP contribution < -0.4 is 15.4 Å². The van der Waals surface area contributed by atoms with Gasteiger partial charge in [0.15, 0.2) is 0 Å². The van der Waals surface area contributed by atoms with E-state index < -0.39 is 5.54 Å². The summed E-state index contributed by atoms with van der Waals surface area (Å²) in [6.45, 7) is 0. The van der Waals surface area contributed by atoms with Gasteiger partial charge in [0.25, 0.3) is 0 Å². The van der Waals surface area contributed by atoms with E-state index in [1.807, 2.05) is 66.7 Å². The van der Waals surface area contributed by atoms with Crippen molar-refractivity contribution in [1.29, 1.82) is 0 Å². The summed E-state index contributed by atoms with van der Waals surface area (Å²) in [6, 6.07) is 21.4. The molecule has 0 unspecified atom stereocenters. The Bertz CT molecular complexity index is 1030. The molecule has 0 radical (unpaired) electrons. The van der Waals surface area contributed by atoms with Crippen LogP contribution in [0, 0.1) is 0 Å². The van der Waals surface area contributed by atoms with E-state index >= 15 is 0 Å². The van der Waals surface area contributed by atoms with E-state index in [1.165, 1.54) is 0 Å². The first-order valence-corrected chi connectivity index (χ1v) is 11.3. The number of nitrogens with one attached hydrogen (secondary N) is 2. The Kier molecular flexibility index (Phi) is 7.03. The van der Waals surface area contributed by atoms with Crippen LogP contribution in [0.5, 0.6) is 5.75 Å². The first kappa shape index (κ1) is 22.5. The molecule has 1 fully saturated rings. The molecule has 1 aliphatic heterocycles. The molecular weight excluding hydrogens is 414 g/mol. The second-order valence-corrected chi connectivity index (χ2v) is 8.55. The number of carbonyl (C=O) groups is 2.